The fourth-order valence-corrected chi connectivity index (χ4v) is 4.93. The Morgan fingerprint density at radius 1 is 0.964 bits per heavy atom. The molecule has 0 aliphatic carbocycles. The first kappa shape index (κ1) is 21.4. The molecule has 3 rings (SSSR count). The largest absolute Gasteiger partial charge is 0.379 e. The molecular weight excluding hydrogens is 382 g/mol. The summed E-state index contributed by atoms with van der Waals surface area (Å²) in [4.78, 5) is 14.3. The molecule has 2 aliphatic heterocycles. The minimum atomic E-state index is -3.41. The van der Waals surface area contributed by atoms with Gasteiger partial charge in [-0.3, -0.25) is 9.69 Å². The van der Waals surface area contributed by atoms with Gasteiger partial charge >= 0.3 is 0 Å². The zero-order valence-corrected chi connectivity index (χ0v) is 17.8. The van der Waals surface area contributed by atoms with E-state index in [1.165, 1.54) is 8.99 Å². The monoisotopic (exact) mass is 413 g/mol. The van der Waals surface area contributed by atoms with Crippen LogP contribution in [0.25, 0.3) is 0 Å². The van der Waals surface area contributed by atoms with E-state index in [2.05, 4.69) is 30.8 Å². The molecule has 3 heterocycles. The third-order valence-electron chi connectivity index (χ3n) is 5.22. The van der Waals surface area contributed by atoms with Crippen molar-refractivity contribution < 1.29 is 13.2 Å². The second-order valence-electron chi connectivity index (χ2n) is 8.29. The molecule has 0 amide bonds. The van der Waals surface area contributed by atoms with Gasteiger partial charge in [0.05, 0.1) is 25.5 Å². The number of rotatable bonds is 5. The number of morpholine rings is 1. The average molecular weight is 414 g/mol. The first-order valence-corrected chi connectivity index (χ1v) is 11.2. The van der Waals surface area contributed by atoms with Crippen molar-refractivity contribution in [3.8, 4) is 0 Å². The Morgan fingerprint density at radius 3 is 2.18 bits per heavy atom. The molecule has 2 fully saturated rings. The van der Waals surface area contributed by atoms with Crippen LogP contribution in [0.2, 0.25) is 0 Å². The van der Waals surface area contributed by atoms with Crippen LogP contribution in [-0.2, 0) is 26.9 Å². The molecule has 10 heteroatoms. The van der Waals surface area contributed by atoms with Crippen LogP contribution in [0.5, 0.6) is 0 Å². The van der Waals surface area contributed by atoms with Gasteiger partial charge in [-0.25, -0.2) is 4.68 Å². The molecule has 158 valence electrons. The number of piperazine rings is 1. The number of hydrogen-bond acceptors (Lipinski definition) is 6. The van der Waals surface area contributed by atoms with Gasteiger partial charge in [0.1, 0.15) is 0 Å². The van der Waals surface area contributed by atoms with E-state index in [1.807, 2.05) is 0 Å². The minimum Gasteiger partial charge on any atom is -0.379 e. The normalized spacial score (nSPS) is 21.1. The van der Waals surface area contributed by atoms with E-state index in [-0.39, 0.29) is 11.0 Å². The molecule has 0 bridgehead atoms. The van der Waals surface area contributed by atoms with Crippen molar-refractivity contribution in [1.82, 2.24) is 23.3 Å². The molecule has 0 N–H and O–H groups in total. The van der Waals surface area contributed by atoms with E-state index < -0.39 is 10.2 Å². The van der Waals surface area contributed by atoms with Crippen LogP contribution in [0, 0.1) is 0 Å². The third-order valence-corrected chi connectivity index (χ3v) is 7.25. The fraction of sp³-hybridized carbons (Fsp3) is 0.778. The lowest BCUT2D eigenvalue weighted by Crippen LogP contribution is -2.55. The average Bonchev–Trinajstić information content (AvgIpc) is 2.67. The molecule has 1 aromatic heterocycles. The number of nitrogens with zero attached hydrogens (tertiary/aromatic N) is 5. The van der Waals surface area contributed by atoms with Gasteiger partial charge in [0.2, 0.25) is 0 Å². The maximum atomic E-state index is 12.7. The van der Waals surface area contributed by atoms with Gasteiger partial charge in [0, 0.05) is 57.3 Å². The Labute approximate surface area is 167 Å². The van der Waals surface area contributed by atoms with Crippen molar-refractivity contribution in [2.24, 2.45) is 0 Å². The van der Waals surface area contributed by atoms with Gasteiger partial charge in [0.15, 0.2) is 0 Å². The lowest BCUT2D eigenvalue weighted by molar-refractivity contribution is 0.0684. The Bertz CT molecular complexity index is 819. The van der Waals surface area contributed by atoms with Crippen molar-refractivity contribution in [1.29, 1.82) is 0 Å². The Hall–Kier alpha value is -1.33. The molecule has 0 radical (unpaired) electrons. The number of hydrogen-bond donors (Lipinski definition) is 0. The molecule has 0 unspecified atom stereocenters. The zero-order chi connectivity index (χ0) is 20.4. The van der Waals surface area contributed by atoms with E-state index >= 15 is 0 Å². The molecule has 9 nitrogen and oxygen atoms in total. The predicted molar refractivity (Wildman–Crippen MR) is 107 cm³/mol. The lowest BCUT2D eigenvalue weighted by atomic mass is 9.92. The Morgan fingerprint density at radius 2 is 1.57 bits per heavy atom. The van der Waals surface area contributed by atoms with Crippen LogP contribution < -0.4 is 5.56 Å². The summed E-state index contributed by atoms with van der Waals surface area (Å²) in [6.45, 7) is 11.3. The summed E-state index contributed by atoms with van der Waals surface area (Å²) in [6, 6.07) is 3.36. The zero-order valence-electron chi connectivity index (χ0n) is 17.0. The second-order valence-corrected chi connectivity index (χ2v) is 10.2. The van der Waals surface area contributed by atoms with Crippen LogP contribution in [0.4, 0.5) is 0 Å². The van der Waals surface area contributed by atoms with Gasteiger partial charge in [-0.05, 0) is 6.07 Å². The molecule has 28 heavy (non-hydrogen) atoms. The summed E-state index contributed by atoms with van der Waals surface area (Å²) >= 11 is 0. The van der Waals surface area contributed by atoms with Crippen LogP contribution in [0.3, 0.4) is 0 Å². The van der Waals surface area contributed by atoms with E-state index in [4.69, 9.17) is 4.74 Å². The van der Waals surface area contributed by atoms with Gasteiger partial charge < -0.3 is 4.74 Å². The van der Waals surface area contributed by atoms with Crippen LogP contribution in [0.15, 0.2) is 16.9 Å². The maximum Gasteiger partial charge on any atom is 0.282 e. The highest BCUT2D eigenvalue weighted by Crippen LogP contribution is 2.18. The van der Waals surface area contributed by atoms with E-state index in [1.54, 1.807) is 16.4 Å². The highest BCUT2D eigenvalue weighted by atomic mass is 32.2. The number of aromatic nitrogens is 2. The fourth-order valence-electron chi connectivity index (χ4n) is 3.37. The SMILES string of the molecule is CC(C)(C)c1ccc(=O)n(CCN2CCN(S(=O)(=O)N3CCOCC3)CC2)n1. The highest BCUT2D eigenvalue weighted by Gasteiger charge is 2.33. The molecular formula is C18H31N5O4S. The van der Waals surface area contributed by atoms with Crippen molar-refractivity contribution in [2.45, 2.75) is 32.7 Å². The third kappa shape index (κ3) is 4.98. The van der Waals surface area contributed by atoms with E-state index in [0.29, 0.717) is 65.6 Å². The highest BCUT2D eigenvalue weighted by molar-refractivity contribution is 7.86. The van der Waals surface area contributed by atoms with Gasteiger partial charge in [-0.15, -0.1) is 0 Å². The van der Waals surface area contributed by atoms with Crippen molar-refractivity contribution >= 4 is 10.2 Å². The topological polar surface area (TPSA) is 88.0 Å². The summed E-state index contributed by atoms with van der Waals surface area (Å²) in [5.74, 6) is 0. The Balaban J connectivity index is 1.54. The first-order chi connectivity index (χ1) is 13.2. The molecule has 1 aromatic rings. The van der Waals surface area contributed by atoms with Gasteiger partial charge in [-0.1, -0.05) is 20.8 Å². The Kier molecular flexibility index (Phi) is 6.55. The smallest absolute Gasteiger partial charge is 0.282 e. The van der Waals surface area contributed by atoms with Crippen molar-refractivity contribution in [3.63, 3.8) is 0 Å². The molecule has 0 saturated carbocycles. The van der Waals surface area contributed by atoms with E-state index in [9.17, 15) is 13.2 Å². The summed E-state index contributed by atoms with van der Waals surface area (Å²) in [7, 11) is -3.41. The molecule has 0 aromatic carbocycles. The van der Waals surface area contributed by atoms with Crippen molar-refractivity contribution in [3.05, 3.63) is 28.2 Å². The first-order valence-electron chi connectivity index (χ1n) is 9.82. The van der Waals surface area contributed by atoms with E-state index in [0.717, 1.165) is 5.69 Å². The summed E-state index contributed by atoms with van der Waals surface area (Å²) < 4.78 is 35.3. The quantitative estimate of drug-likeness (QED) is 0.661. The second kappa shape index (κ2) is 8.58. The van der Waals surface area contributed by atoms with Crippen LogP contribution >= 0.6 is 0 Å². The van der Waals surface area contributed by atoms with Gasteiger partial charge in [-0.2, -0.15) is 22.1 Å². The number of ether oxygens (including phenoxy) is 1. The van der Waals surface area contributed by atoms with Crippen LogP contribution in [0.1, 0.15) is 26.5 Å². The molecule has 0 atom stereocenters. The standard InChI is InChI=1S/C18H31N5O4S/c1-18(2,3)16-4-5-17(24)23(19-16)11-8-20-6-9-21(10-7-20)28(25,26)22-12-14-27-15-13-22/h4-5H,6-15H2,1-3H3. The minimum absolute atomic E-state index is 0.110. The molecule has 2 saturated heterocycles. The summed E-state index contributed by atoms with van der Waals surface area (Å²) in [5.41, 5.74) is 0.657. The molecule has 0 spiro atoms. The maximum absolute atomic E-state index is 12.7. The predicted octanol–water partition coefficient (Wildman–Crippen LogP) is -0.265. The summed E-state index contributed by atoms with van der Waals surface area (Å²) in [5, 5.41) is 4.50. The van der Waals surface area contributed by atoms with Gasteiger partial charge in [0.25, 0.3) is 15.8 Å². The van der Waals surface area contributed by atoms with Crippen molar-refractivity contribution in [2.75, 3.05) is 59.0 Å². The lowest BCUT2D eigenvalue weighted by Gasteiger charge is -2.37. The molecule has 2 aliphatic rings. The van der Waals surface area contributed by atoms with Crippen LogP contribution in [-0.4, -0.2) is 90.7 Å². The summed E-state index contributed by atoms with van der Waals surface area (Å²) in [6.07, 6.45) is 0.